The lowest BCUT2D eigenvalue weighted by atomic mass is 9.78. The first-order valence-electron chi connectivity index (χ1n) is 10.4. The van der Waals surface area contributed by atoms with Crippen molar-refractivity contribution in [2.24, 2.45) is 13.0 Å². The molecule has 0 saturated carbocycles. The molecule has 0 bridgehead atoms. The molecule has 1 spiro atoms. The van der Waals surface area contributed by atoms with Crippen LogP contribution in [0.2, 0.25) is 0 Å². The van der Waals surface area contributed by atoms with Crippen molar-refractivity contribution in [2.45, 2.75) is 57.1 Å². The van der Waals surface area contributed by atoms with Crippen LogP contribution in [0.25, 0.3) is 0 Å². The summed E-state index contributed by atoms with van der Waals surface area (Å²) in [5, 5.41) is 0. The Morgan fingerprint density at radius 1 is 1.23 bits per heavy atom. The van der Waals surface area contributed by atoms with Gasteiger partial charge in [-0.05, 0) is 56.6 Å². The second-order valence-electron chi connectivity index (χ2n) is 8.57. The number of aromatic nitrogens is 1. The number of aryl methyl sites for hydroxylation is 1. The number of amides is 1. The van der Waals surface area contributed by atoms with Gasteiger partial charge in [-0.25, -0.2) is 0 Å². The fraction of sp³-hybridized carbons (Fsp3) is 0.762. The summed E-state index contributed by atoms with van der Waals surface area (Å²) in [6, 6.07) is 4.33. The summed E-state index contributed by atoms with van der Waals surface area (Å²) in [6.45, 7) is 5.99. The molecular formula is C21H33N3O2. The highest BCUT2D eigenvalue weighted by molar-refractivity contribution is 5.76. The molecule has 5 heteroatoms. The van der Waals surface area contributed by atoms with Gasteiger partial charge in [-0.2, -0.15) is 0 Å². The molecule has 144 valence electrons. The SMILES string of the molecule is Cn1cccc1CN1CCC2(CC1)CC(CC(=O)N1CCCC1)CCO2. The van der Waals surface area contributed by atoms with Gasteiger partial charge in [0.25, 0.3) is 0 Å². The molecule has 1 amide bonds. The standard InChI is InChI=1S/C21H33N3O2/c1-22-9-4-5-19(22)17-23-12-7-21(8-13-23)16-18(6-14-26-21)15-20(25)24-10-2-3-11-24/h4-5,9,18H,2-3,6-8,10-17H2,1H3. The van der Waals surface area contributed by atoms with Gasteiger partial charge in [0.15, 0.2) is 0 Å². The van der Waals surface area contributed by atoms with Crippen LogP contribution in [0.1, 0.15) is 50.6 Å². The number of carbonyl (C=O) groups excluding carboxylic acids is 1. The minimum absolute atomic E-state index is 0.0267. The van der Waals surface area contributed by atoms with Gasteiger partial charge in [0.05, 0.1) is 5.60 Å². The van der Waals surface area contributed by atoms with E-state index in [9.17, 15) is 4.79 Å². The van der Waals surface area contributed by atoms with E-state index >= 15 is 0 Å². The minimum Gasteiger partial charge on any atom is -0.375 e. The van der Waals surface area contributed by atoms with Crippen LogP contribution < -0.4 is 0 Å². The minimum atomic E-state index is 0.0267. The quantitative estimate of drug-likeness (QED) is 0.830. The molecule has 1 atom stereocenters. The summed E-state index contributed by atoms with van der Waals surface area (Å²) >= 11 is 0. The third-order valence-corrected chi connectivity index (χ3v) is 6.72. The molecule has 4 rings (SSSR count). The average molecular weight is 360 g/mol. The molecule has 1 aromatic rings. The zero-order valence-corrected chi connectivity index (χ0v) is 16.2. The Kier molecular flexibility index (Phi) is 5.37. The van der Waals surface area contributed by atoms with E-state index < -0.39 is 0 Å². The van der Waals surface area contributed by atoms with Crippen LogP contribution in [0.15, 0.2) is 18.3 Å². The van der Waals surface area contributed by atoms with E-state index in [1.807, 2.05) is 0 Å². The number of likely N-dealkylation sites (tertiary alicyclic amines) is 2. The fourth-order valence-corrected chi connectivity index (χ4v) is 5.00. The van der Waals surface area contributed by atoms with E-state index in [-0.39, 0.29) is 5.60 Å². The Morgan fingerprint density at radius 3 is 2.69 bits per heavy atom. The highest BCUT2D eigenvalue weighted by Gasteiger charge is 2.41. The molecule has 3 aliphatic rings. The monoisotopic (exact) mass is 359 g/mol. The summed E-state index contributed by atoms with van der Waals surface area (Å²) in [7, 11) is 2.12. The summed E-state index contributed by atoms with van der Waals surface area (Å²) in [4.78, 5) is 17.1. The first-order valence-corrected chi connectivity index (χ1v) is 10.4. The van der Waals surface area contributed by atoms with Gasteiger partial charge < -0.3 is 14.2 Å². The number of rotatable bonds is 4. The molecule has 1 aromatic heterocycles. The number of carbonyl (C=O) groups is 1. The molecule has 0 N–H and O–H groups in total. The highest BCUT2D eigenvalue weighted by Crippen LogP contribution is 2.39. The Morgan fingerprint density at radius 2 is 2.00 bits per heavy atom. The maximum atomic E-state index is 12.5. The summed E-state index contributed by atoms with van der Waals surface area (Å²) in [5.74, 6) is 0.891. The fourth-order valence-electron chi connectivity index (χ4n) is 5.00. The molecule has 3 fully saturated rings. The van der Waals surface area contributed by atoms with Crippen molar-refractivity contribution in [2.75, 3.05) is 32.8 Å². The van der Waals surface area contributed by atoms with Crippen LogP contribution >= 0.6 is 0 Å². The maximum Gasteiger partial charge on any atom is 0.222 e. The van der Waals surface area contributed by atoms with Gasteiger partial charge in [-0.3, -0.25) is 9.69 Å². The Labute approximate surface area is 157 Å². The van der Waals surface area contributed by atoms with Crippen molar-refractivity contribution < 1.29 is 9.53 Å². The zero-order chi connectivity index (χ0) is 18.0. The van der Waals surface area contributed by atoms with E-state index in [0.717, 1.165) is 71.4 Å². The molecule has 5 nitrogen and oxygen atoms in total. The number of hydrogen-bond acceptors (Lipinski definition) is 3. The molecule has 0 radical (unpaired) electrons. The number of hydrogen-bond donors (Lipinski definition) is 0. The molecular weight excluding hydrogens is 326 g/mol. The lowest BCUT2D eigenvalue weighted by Gasteiger charge is -2.46. The second-order valence-corrected chi connectivity index (χ2v) is 8.57. The van der Waals surface area contributed by atoms with Gasteiger partial charge in [0.1, 0.15) is 0 Å². The van der Waals surface area contributed by atoms with Crippen LogP contribution in [-0.2, 0) is 23.1 Å². The lowest BCUT2D eigenvalue weighted by molar-refractivity contribution is -0.141. The number of piperidine rings is 1. The van der Waals surface area contributed by atoms with E-state index in [4.69, 9.17) is 4.74 Å². The van der Waals surface area contributed by atoms with Crippen LogP contribution in [0.5, 0.6) is 0 Å². The molecule has 3 aliphatic heterocycles. The van der Waals surface area contributed by atoms with Crippen molar-refractivity contribution in [1.29, 1.82) is 0 Å². The van der Waals surface area contributed by atoms with Crippen molar-refractivity contribution in [3.8, 4) is 0 Å². The van der Waals surface area contributed by atoms with E-state index in [0.29, 0.717) is 11.8 Å². The normalized spacial score (nSPS) is 26.5. The smallest absolute Gasteiger partial charge is 0.222 e. The maximum absolute atomic E-state index is 12.5. The topological polar surface area (TPSA) is 37.7 Å². The Balaban J connectivity index is 1.28. The Hall–Kier alpha value is -1.33. The predicted molar refractivity (Wildman–Crippen MR) is 102 cm³/mol. The largest absolute Gasteiger partial charge is 0.375 e. The summed E-state index contributed by atoms with van der Waals surface area (Å²) < 4.78 is 8.50. The molecule has 3 saturated heterocycles. The Bertz CT molecular complexity index is 613. The van der Waals surface area contributed by atoms with Gasteiger partial charge in [-0.1, -0.05) is 0 Å². The molecule has 0 aliphatic carbocycles. The van der Waals surface area contributed by atoms with Gasteiger partial charge >= 0.3 is 0 Å². The highest BCUT2D eigenvalue weighted by atomic mass is 16.5. The summed E-state index contributed by atoms with van der Waals surface area (Å²) in [6.07, 6.45) is 9.54. The van der Waals surface area contributed by atoms with Gasteiger partial charge in [0, 0.05) is 64.7 Å². The van der Waals surface area contributed by atoms with Crippen molar-refractivity contribution in [3.63, 3.8) is 0 Å². The first-order chi connectivity index (χ1) is 12.6. The van der Waals surface area contributed by atoms with Crippen molar-refractivity contribution in [1.82, 2.24) is 14.4 Å². The van der Waals surface area contributed by atoms with Crippen molar-refractivity contribution >= 4 is 5.91 Å². The van der Waals surface area contributed by atoms with Gasteiger partial charge in [0.2, 0.25) is 5.91 Å². The van der Waals surface area contributed by atoms with Crippen LogP contribution in [0, 0.1) is 5.92 Å². The molecule has 0 aromatic carbocycles. The molecule has 1 unspecified atom stereocenters. The van der Waals surface area contributed by atoms with Crippen LogP contribution in [-0.4, -0.2) is 58.7 Å². The summed E-state index contributed by atoms with van der Waals surface area (Å²) in [5.41, 5.74) is 1.40. The van der Waals surface area contributed by atoms with Crippen LogP contribution in [0.3, 0.4) is 0 Å². The second kappa shape index (κ2) is 7.73. The first kappa shape index (κ1) is 18.1. The third-order valence-electron chi connectivity index (χ3n) is 6.72. The lowest BCUT2D eigenvalue weighted by Crippen LogP contribution is -2.49. The number of nitrogens with zero attached hydrogens (tertiary/aromatic N) is 3. The third kappa shape index (κ3) is 3.99. The molecule has 26 heavy (non-hydrogen) atoms. The average Bonchev–Trinajstić information content (AvgIpc) is 3.30. The number of ether oxygens (including phenoxy) is 1. The van der Waals surface area contributed by atoms with E-state index in [1.54, 1.807) is 0 Å². The zero-order valence-electron chi connectivity index (χ0n) is 16.2. The van der Waals surface area contributed by atoms with E-state index in [2.05, 4.69) is 39.7 Å². The van der Waals surface area contributed by atoms with Gasteiger partial charge in [-0.15, -0.1) is 0 Å². The predicted octanol–water partition coefficient (Wildman–Crippen LogP) is 2.80. The van der Waals surface area contributed by atoms with E-state index in [1.165, 1.54) is 18.5 Å². The van der Waals surface area contributed by atoms with Crippen LogP contribution in [0.4, 0.5) is 0 Å². The van der Waals surface area contributed by atoms with Crippen molar-refractivity contribution in [3.05, 3.63) is 24.0 Å². The molecule has 4 heterocycles.